The lowest BCUT2D eigenvalue weighted by atomic mass is 10.0. The number of nitrogen functional groups attached to an aromatic ring is 1. The number of halogens is 2. The van der Waals surface area contributed by atoms with Crippen LogP contribution in [0.3, 0.4) is 0 Å². The highest BCUT2D eigenvalue weighted by Gasteiger charge is 2.23. The van der Waals surface area contributed by atoms with Crippen LogP contribution in [-0.4, -0.2) is 47.7 Å². The first-order valence-corrected chi connectivity index (χ1v) is 13.1. The van der Waals surface area contributed by atoms with E-state index in [-0.39, 0.29) is 23.2 Å². The van der Waals surface area contributed by atoms with Gasteiger partial charge in [0.25, 0.3) is 11.8 Å². The quantitative estimate of drug-likeness (QED) is 0.0684. The van der Waals surface area contributed by atoms with Crippen LogP contribution in [0.15, 0.2) is 66.7 Å². The van der Waals surface area contributed by atoms with Gasteiger partial charge in [0.1, 0.15) is 11.9 Å². The third kappa shape index (κ3) is 10.9. The molecular formula is C30H35F2N5O6. The van der Waals surface area contributed by atoms with Crippen molar-refractivity contribution in [1.82, 2.24) is 5.43 Å². The van der Waals surface area contributed by atoms with E-state index in [9.17, 15) is 23.5 Å². The van der Waals surface area contributed by atoms with E-state index in [1.807, 2.05) is 20.8 Å². The summed E-state index contributed by atoms with van der Waals surface area (Å²) in [5.74, 6) is -3.76. The molecule has 0 aliphatic carbocycles. The second-order valence-electron chi connectivity index (χ2n) is 9.41. The summed E-state index contributed by atoms with van der Waals surface area (Å²) in [6.07, 6.45) is -0.465. The number of alkyl halides is 2. The van der Waals surface area contributed by atoms with Crippen LogP contribution in [0.2, 0.25) is 0 Å². The topological polar surface area (TPSA) is 176 Å². The Hall–Kier alpha value is -5.20. The molecule has 3 aromatic rings. The minimum absolute atomic E-state index is 0.0148. The van der Waals surface area contributed by atoms with Crippen molar-refractivity contribution >= 4 is 35.4 Å². The number of hydrazine groups is 1. The molecule has 7 N–H and O–H groups in total. The Bertz CT molecular complexity index is 1410. The van der Waals surface area contributed by atoms with Crippen molar-refractivity contribution in [3.05, 3.63) is 83.4 Å². The number of carbonyl (C=O) groups is 3. The molecule has 11 nitrogen and oxygen atoms in total. The van der Waals surface area contributed by atoms with Crippen LogP contribution in [0.5, 0.6) is 11.5 Å². The number of benzene rings is 3. The molecule has 0 spiro atoms. The molecule has 0 saturated carbocycles. The van der Waals surface area contributed by atoms with Crippen molar-refractivity contribution in [2.45, 2.75) is 45.8 Å². The zero-order valence-corrected chi connectivity index (χ0v) is 24.1. The number of aldehydes is 1. The molecule has 0 heterocycles. The van der Waals surface area contributed by atoms with E-state index >= 15 is 0 Å². The largest absolute Gasteiger partial charge is 0.490 e. The van der Waals surface area contributed by atoms with Crippen molar-refractivity contribution in [3.63, 3.8) is 0 Å². The fourth-order valence-electron chi connectivity index (χ4n) is 3.52. The highest BCUT2D eigenvalue weighted by atomic mass is 19.3. The summed E-state index contributed by atoms with van der Waals surface area (Å²) in [6.45, 7) is 6.62. The summed E-state index contributed by atoms with van der Waals surface area (Å²) >= 11 is 0. The number of amides is 1. The molecule has 0 bridgehead atoms. The molecular weight excluding hydrogens is 564 g/mol. The number of carboxylic acid groups (broad SMARTS) is 1. The second kappa shape index (κ2) is 15.7. The number of hydrogen-bond acceptors (Lipinski definition) is 8. The maximum absolute atomic E-state index is 13.4. The Balaban J connectivity index is 0.000000973. The molecule has 1 atom stereocenters. The minimum atomic E-state index is -3.14. The predicted octanol–water partition coefficient (Wildman–Crippen LogP) is 4.99. The Morgan fingerprint density at radius 3 is 2.23 bits per heavy atom. The molecule has 0 aliphatic heterocycles. The zero-order chi connectivity index (χ0) is 32.2. The maximum Gasteiger partial charge on any atom is 0.337 e. The van der Waals surface area contributed by atoms with Crippen LogP contribution in [0, 0.1) is 5.41 Å². The average molecular weight is 600 g/mol. The number of aromatic carboxylic acids is 1. The molecule has 0 saturated heterocycles. The van der Waals surface area contributed by atoms with Gasteiger partial charge < -0.3 is 25.6 Å². The van der Waals surface area contributed by atoms with Crippen molar-refractivity contribution in [1.29, 1.82) is 5.41 Å². The van der Waals surface area contributed by atoms with Crippen LogP contribution < -0.4 is 31.4 Å². The zero-order valence-electron chi connectivity index (χ0n) is 24.1. The molecule has 1 unspecified atom stereocenters. The van der Waals surface area contributed by atoms with Gasteiger partial charge in [-0.15, -0.1) is 0 Å². The van der Waals surface area contributed by atoms with Gasteiger partial charge in [0.2, 0.25) is 0 Å². The molecule has 43 heavy (non-hydrogen) atoms. The van der Waals surface area contributed by atoms with Crippen molar-refractivity contribution in [2.75, 3.05) is 17.3 Å². The van der Waals surface area contributed by atoms with Gasteiger partial charge in [-0.3, -0.25) is 25.8 Å². The Kier molecular flexibility index (Phi) is 12.4. The second-order valence-corrected chi connectivity index (χ2v) is 9.41. The Morgan fingerprint density at radius 1 is 1.07 bits per heavy atom. The molecule has 13 heteroatoms. The van der Waals surface area contributed by atoms with Gasteiger partial charge in [0.05, 0.1) is 24.0 Å². The van der Waals surface area contributed by atoms with Gasteiger partial charge in [-0.05, 0) is 74.9 Å². The molecule has 230 valence electrons. The Labute approximate surface area is 247 Å². The average Bonchev–Trinajstić information content (AvgIpc) is 2.95. The SMILES string of the molecule is CC(F)(F)C=O.CCOc1cc(C(Nc2ccc(C(=N)N)cc2)C(=O)NNc2ccccc2C(=O)O)ccc1OC(C)C. The van der Waals surface area contributed by atoms with E-state index in [0.717, 1.165) is 0 Å². The summed E-state index contributed by atoms with van der Waals surface area (Å²) in [6, 6.07) is 17.3. The first-order chi connectivity index (χ1) is 20.2. The molecule has 0 aliphatic rings. The maximum atomic E-state index is 13.4. The number of carboxylic acids is 1. The Morgan fingerprint density at radius 2 is 1.70 bits per heavy atom. The van der Waals surface area contributed by atoms with Gasteiger partial charge in [-0.25, -0.2) is 4.79 Å². The van der Waals surface area contributed by atoms with Crippen LogP contribution in [0.1, 0.15) is 55.2 Å². The number of nitrogens with one attached hydrogen (secondary N) is 4. The number of nitrogens with two attached hydrogens (primary N) is 1. The standard InChI is InChI=1S/C27H31N5O5.C3H4F2O/c1-4-36-23-15-18(11-14-22(23)37-16(2)3)24(30-19-12-9-17(10-13-19)25(28)29)26(33)32-31-21-8-6-5-7-20(21)27(34)35;1-3(4,5)2-6/h5-16,24,30-31H,4H2,1-3H3,(H3,28,29)(H,32,33)(H,34,35);2H,1H3. The molecule has 3 aromatic carbocycles. The van der Waals surface area contributed by atoms with Gasteiger partial charge in [-0.1, -0.05) is 18.2 Å². The minimum Gasteiger partial charge on any atom is -0.490 e. The van der Waals surface area contributed by atoms with E-state index < -0.39 is 30.1 Å². The highest BCUT2D eigenvalue weighted by Crippen LogP contribution is 2.33. The van der Waals surface area contributed by atoms with Crippen LogP contribution >= 0.6 is 0 Å². The fraction of sp³-hybridized carbons (Fsp3) is 0.267. The third-order valence-corrected chi connectivity index (χ3v) is 5.42. The van der Waals surface area contributed by atoms with E-state index in [1.54, 1.807) is 60.7 Å². The summed E-state index contributed by atoms with van der Waals surface area (Å²) in [5.41, 5.74) is 12.9. The number of ether oxygens (including phenoxy) is 2. The van der Waals surface area contributed by atoms with Crippen molar-refractivity contribution in [2.24, 2.45) is 5.73 Å². The molecule has 3 rings (SSSR count). The van der Waals surface area contributed by atoms with E-state index in [2.05, 4.69) is 16.2 Å². The molecule has 0 fully saturated rings. The lowest BCUT2D eigenvalue weighted by Gasteiger charge is -2.23. The van der Waals surface area contributed by atoms with Crippen LogP contribution in [0.25, 0.3) is 0 Å². The number of hydrogen-bond donors (Lipinski definition) is 6. The van der Waals surface area contributed by atoms with Crippen molar-refractivity contribution in [3.8, 4) is 11.5 Å². The first-order valence-electron chi connectivity index (χ1n) is 13.1. The third-order valence-electron chi connectivity index (χ3n) is 5.42. The number of anilines is 2. The monoisotopic (exact) mass is 599 g/mol. The van der Waals surface area contributed by atoms with Gasteiger partial charge in [0.15, 0.2) is 17.8 Å². The summed E-state index contributed by atoms with van der Waals surface area (Å²) in [7, 11) is 0. The smallest absolute Gasteiger partial charge is 0.337 e. The number of carbonyl (C=O) groups excluding carboxylic acids is 2. The number of rotatable bonds is 13. The van der Waals surface area contributed by atoms with Crippen LogP contribution in [0.4, 0.5) is 20.2 Å². The molecule has 1 amide bonds. The van der Waals surface area contributed by atoms with E-state index in [4.69, 9.17) is 25.4 Å². The highest BCUT2D eigenvalue weighted by molar-refractivity contribution is 5.96. The van der Waals surface area contributed by atoms with Gasteiger partial charge >= 0.3 is 5.97 Å². The predicted molar refractivity (Wildman–Crippen MR) is 159 cm³/mol. The number of para-hydroxylation sites is 1. The van der Waals surface area contributed by atoms with Crippen LogP contribution in [-0.2, 0) is 9.59 Å². The lowest BCUT2D eigenvalue weighted by molar-refractivity contribution is -0.126. The first kappa shape index (κ1) is 34.0. The summed E-state index contributed by atoms with van der Waals surface area (Å²) in [4.78, 5) is 34.0. The normalized spacial score (nSPS) is 11.3. The van der Waals surface area contributed by atoms with Gasteiger partial charge in [-0.2, -0.15) is 8.78 Å². The summed E-state index contributed by atoms with van der Waals surface area (Å²) in [5, 5.41) is 20.2. The molecule has 0 radical (unpaired) electrons. The summed E-state index contributed by atoms with van der Waals surface area (Å²) < 4.78 is 33.8. The van der Waals surface area contributed by atoms with E-state index in [1.165, 1.54) is 6.07 Å². The van der Waals surface area contributed by atoms with Gasteiger partial charge in [0, 0.05) is 18.2 Å². The number of amidine groups is 1. The van der Waals surface area contributed by atoms with Crippen molar-refractivity contribution < 1.29 is 37.7 Å². The molecule has 0 aromatic heterocycles. The fourth-order valence-corrected chi connectivity index (χ4v) is 3.52. The lowest BCUT2D eigenvalue weighted by Crippen LogP contribution is -2.37. The van der Waals surface area contributed by atoms with E-state index in [0.29, 0.717) is 41.8 Å².